The zero-order valence-electron chi connectivity index (χ0n) is 19.4. The highest BCUT2D eigenvalue weighted by Gasteiger charge is 2.23. The van der Waals surface area contributed by atoms with Gasteiger partial charge in [-0.1, -0.05) is 36.4 Å². The Morgan fingerprint density at radius 3 is 2.46 bits per heavy atom. The number of aromatic hydroxyl groups is 1. The molecule has 5 aromatic rings. The Bertz CT molecular complexity index is 1650. The van der Waals surface area contributed by atoms with Crippen molar-refractivity contribution in [2.24, 2.45) is 10.2 Å². The normalized spacial score (nSPS) is 10.9. The number of rotatable bonds is 6. The van der Waals surface area contributed by atoms with E-state index in [1.54, 1.807) is 54.6 Å². The van der Waals surface area contributed by atoms with Crippen LogP contribution in [0.3, 0.4) is 0 Å². The predicted octanol–water partition coefficient (Wildman–Crippen LogP) is 4.47. The average molecular weight is 490 g/mol. The summed E-state index contributed by atoms with van der Waals surface area (Å²) in [7, 11) is 0. The summed E-state index contributed by atoms with van der Waals surface area (Å²) in [6.07, 6.45) is 4.39. The zero-order valence-corrected chi connectivity index (χ0v) is 19.4. The number of nitrogens with zero attached hydrogens (tertiary/aromatic N) is 9. The molecule has 12 nitrogen and oxygen atoms in total. The fourth-order valence-electron chi connectivity index (χ4n) is 3.57. The fourth-order valence-corrected chi connectivity index (χ4v) is 3.57. The second kappa shape index (κ2) is 9.88. The molecule has 2 aromatic carbocycles. The summed E-state index contributed by atoms with van der Waals surface area (Å²) >= 11 is 0. The van der Waals surface area contributed by atoms with E-state index in [1.165, 1.54) is 34.9 Å². The summed E-state index contributed by atoms with van der Waals surface area (Å²) in [6.45, 7) is 1.40. The van der Waals surface area contributed by atoms with Crippen LogP contribution < -0.4 is 5.32 Å². The van der Waals surface area contributed by atoms with Gasteiger partial charge in [0.25, 0.3) is 5.95 Å². The molecule has 0 fully saturated rings. The standard InChI is InChI=1S/C25H18N10O2/c1-16(36)30-20-11-6-5-10-19(20)21-22(24(37)34(33-21)18-8-3-2-4-9-18)31-32-23-17(14-26)15-29-35(23)25-27-12-7-13-28-25/h2-13,15,37H,1H3,(H,30,36). The summed E-state index contributed by atoms with van der Waals surface area (Å²) in [5.74, 6) is -0.295. The van der Waals surface area contributed by atoms with Crippen molar-refractivity contribution in [3.8, 4) is 34.8 Å². The van der Waals surface area contributed by atoms with Crippen molar-refractivity contribution >= 4 is 23.1 Å². The summed E-state index contributed by atoms with van der Waals surface area (Å²) in [6, 6.07) is 19.7. The summed E-state index contributed by atoms with van der Waals surface area (Å²) in [4.78, 5) is 20.1. The first-order valence-corrected chi connectivity index (χ1v) is 11.0. The van der Waals surface area contributed by atoms with Gasteiger partial charge in [0, 0.05) is 24.9 Å². The third kappa shape index (κ3) is 4.52. The van der Waals surface area contributed by atoms with Gasteiger partial charge < -0.3 is 10.4 Å². The van der Waals surface area contributed by atoms with Crippen LogP contribution in [0.5, 0.6) is 5.88 Å². The van der Waals surface area contributed by atoms with Crippen LogP contribution in [-0.4, -0.2) is 40.5 Å². The lowest BCUT2D eigenvalue weighted by Crippen LogP contribution is -2.07. The number of carbonyl (C=O) groups is 1. The number of benzene rings is 2. The zero-order chi connectivity index (χ0) is 25.8. The van der Waals surface area contributed by atoms with Crippen LogP contribution in [0.25, 0.3) is 22.9 Å². The monoisotopic (exact) mass is 490 g/mol. The molecular formula is C25H18N10O2. The highest BCUT2D eigenvalue weighted by Crippen LogP contribution is 2.42. The van der Waals surface area contributed by atoms with E-state index in [2.05, 4.69) is 35.7 Å². The maximum atomic E-state index is 11.8. The SMILES string of the molecule is CC(=O)Nc1ccccc1-c1nn(-c2ccccc2)c(O)c1N=Nc1c(C#N)cnn1-c1ncccn1. The molecule has 0 bridgehead atoms. The van der Waals surface area contributed by atoms with Gasteiger partial charge in [0.05, 0.1) is 17.6 Å². The first kappa shape index (κ1) is 23.1. The number of aromatic nitrogens is 6. The molecule has 1 amide bonds. The van der Waals surface area contributed by atoms with Gasteiger partial charge in [0.1, 0.15) is 17.3 Å². The van der Waals surface area contributed by atoms with Gasteiger partial charge in [-0.25, -0.2) is 9.97 Å². The van der Waals surface area contributed by atoms with Crippen LogP contribution in [0.1, 0.15) is 12.5 Å². The minimum Gasteiger partial charge on any atom is -0.492 e. The first-order chi connectivity index (χ1) is 18.1. The lowest BCUT2D eigenvalue weighted by Gasteiger charge is -2.08. The van der Waals surface area contributed by atoms with E-state index < -0.39 is 0 Å². The summed E-state index contributed by atoms with van der Waals surface area (Å²) < 4.78 is 2.59. The molecule has 3 heterocycles. The number of amides is 1. The van der Waals surface area contributed by atoms with Crippen LogP contribution in [0, 0.1) is 11.3 Å². The number of para-hydroxylation sites is 2. The average Bonchev–Trinajstić information content (AvgIpc) is 3.48. The number of nitriles is 1. The van der Waals surface area contributed by atoms with Gasteiger partial charge in [-0.15, -0.1) is 10.2 Å². The van der Waals surface area contributed by atoms with Gasteiger partial charge in [-0.3, -0.25) is 4.79 Å². The molecule has 3 aromatic heterocycles. The molecule has 5 rings (SSSR count). The second-order valence-electron chi connectivity index (χ2n) is 7.65. The lowest BCUT2D eigenvalue weighted by molar-refractivity contribution is -0.114. The maximum absolute atomic E-state index is 11.8. The molecule has 180 valence electrons. The van der Waals surface area contributed by atoms with E-state index in [0.29, 0.717) is 16.9 Å². The van der Waals surface area contributed by atoms with Gasteiger partial charge in [0.15, 0.2) is 11.5 Å². The predicted molar refractivity (Wildman–Crippen MR) is 133 cm³/mol. The van der Waals surface area contributed by atoms with Crippen molar-refractivity contribution in [2.75, 3.05) is 5.32 Å². The maximum Gasteiger partial charge on any atom is 0.252 e. The van der Waals surface area contributed by atoms with Crippen LogP contribution in [0.4, 0.5) is 17.2 Å². The number of hydrogen-bond donors (Lipinski definition) is 2. The molecule has 2 N–H and O–H groups in total. The second-order valence-corrected chi connectivity index (χ2v) is 7.65. The Balaban J connectivity index is 1.69. The number of nitrogens with one attached hydrogen (secondary N) is 1. The summed E-state index contributed by atoms with van der Waals surface area (Å²) in [5.41, 5.74) is 1.98. The topological polar surface area (TPSA) is 159 Å². The Morgan fingerprint density at radius 2 is 1.73 bits per heavy atom. The Kier molecular flexibility index (Phi) is 6.16. The van der Waals surface area contributed by atoms with Crippen LogP contribution in [0.2, 0.25) is 0 Å². The Morgan fingerprint density at radius 1 is 1.00 bits per heavy atom. The molecule has 0 aliphatic rings. The third-order valence-corrected chi connectivity index (χ3v) is 5.18. The number of carbonyl (C=O) groups excluding carboxylic acids is 1. The molecule has 0 unspecified atom stereocenters. The molecule has 0 aliphatic heterocycles. The molecule has 12 heteroatoms. The van der Waals surface area contributed by atoms with Crippen molar-refractivity contribution < 1.29 is 9.90 Å². The van der Waals surface area contributed by atoms with Crippen LogP contribution >= 0.6 is 0 Å². The Labute approximate surface area is 210 Å². The lowest BCUT2D eigenvalue weighted by atomic mass is 10.1. The number of azo groups is 1. The minimum absolute atomic E-state index is 0.0206. The van der Waals surface area contributed by atoms with E-state index in [0.717, 1.165) is 0 Å². The highest BCUT2D eigenvalue weighted by atomic mass is 16.3. The van der Waals surface area contributed by atoms with Crippen molar-refractivity contribution in [3.05, 3.63) is 84.8 Å². The van der Waals surface area contributed by atoms with Crippen LogP contribution in [0.15, 0.2) is 89.5 Å². The van der Waals surface area contributed by atoms with Crippen molar-refractivity contribution in [2.45, 2.75) is 6.92 Å². The van der Waals surface area contributed by atoms with Crippen LogP contribution in [-0.2, 0) is 4.79 Å². The molecule has 0 saturated carbocycles. The molecular weight excluding hydrogens is 472 g/mol. The number of anilines is 1. The van der Waals surface area contributed by atoms with Gasteiger partial charge in [-0.05, 0) is 24.3 Å². The highest BCUT2D eigenvalue weighted by molar-refractivity contribution is 5.95. The first-order valence-electron chi connectivity index (χ1n) is 11.0. The van der Waals surface area contributed by atoms with Crippen molar-refractivity contribution in [3.63, 3.8) is 0 Å². The number of hydrogen-bond acceptors (Lipinski definition) is 9. The van der Waals surface area contributed by atoms with E-state index in [-0.39, 0.29) is 40.5 Å². The van der Waals surface area contributed by atoms with E-state index in [9.17, 15) is 15.2 Å². The smallest absolute Gasteiger partial charge is 0.252 e. The molecule has 37 heavy (non-hydrogen) atoms. The van der Waals surface area contributed by atoms with Gasteiger partial charge >= 0.3 is 0 Å². The van der Waals surface area contributed by atoms with Crippen molar-refractivity contribution in [1.82, 2.24) is 29.5 Å². The third-order valence-electron chi connectivity index (χ3n) is 5.18. The van der Waals surface area contributed by atoms with E-state index >= 15 is 0 Å². The van der Waals surface area contributed by atoms with Gasteiger partial charge in [-0.2, -0.15) is 24.8 Å². The quantitative estimate of drug-likeness (QED) is 0.332. The van der Waals surface area contributed by atoms with E-state index in [1.807, 2.05) is 12.1 Å². The van der Waals surface area contributed by atoms with E-state index in [4.69, 9.17) is 0 Å². The van der Waals surface area contributed by atoms with Gasteiger partial charge in [0.2, 0.25) is 11.8 Å². The molecule has 0 atom stereocenters. The minimum atomic E-state index is -0.289. The summed E-state index contributed by atoms with van der Waals surface area (Å²) in [5, 5.41) is 40.8. The van der Waals surface area contributed by atoms with Crippen molar-refractivity contribution in [1.29, 1.82) is 5.26 Å². The fraction of sp³-hybridized carbons (Fsp3) is 0.0400. The largest absolute Gasteiger partial charge is 0.492 e. The molecule has 0 radical (unpaired) electrons. The Hall–Kier alpha value is -5.70. The molecule has 0 saturated heterocycles. The molecule has 0 spiro atoms. The molecule has 0 aliphatic carbocycles.